The summed E-state index contributed by atoms with van der Waals surface area (Å²) in [5.41, 5.74) is 2.00. The highest BCUT2D eigenvalue weighted by Crippen LogP contribution is 2.29. The number of amides is 1. The van der Waals surface area contributed by atoms with Crippen molar-refractivity contribution in [1.29, 1.82) is 0 Å². The lowest BCUT2D eigenvalue weighted by molar-refractivity contribution is 0.102. The maximum absolute atomic E-state index is 13.1. The fraction of sp³-hybridized carbons (Fsp3) is 0.435. The number of sulfonamides is 1. The first-order valence-corrected chi connectivity index (χ1v) is 11.9. The number of anilines is 1. The highest BCUT2D eigenvalue weighted by Gasteiger charge is 2.29. The van der Waals surface area contributed by atoms with Gasteiger partial charge in [-0.2, -0.15) is 0 Å². The van der Waals surface area contributed by atoms with Gasteiger partial charge in [0.1, 0.15) is 10.6 Å². The molecule has 162 valence electrons. The van der Waals surface area contributed by atoms with Crippen molar-refractivity contribution in [2.24, 2.45) is 5.92 Å². The Morgan fingerprint density at radius 2 is 1.87 bits per heavy atom. The third-order valence-electron chi connectivity index (χ3n) is 5.78. The molecule has 2 N–H and O–H groups in total. The van der Waals surface area contributed by atoms with Gasteiger partial charge >= 0.3 is 0 Å². The number of benzene rings is 2. The second-order valence-electron chi connectivity index (χ2n) is 7.82. The molecule has 0 aliphatic heterocycles. The zero-order chi connectivity index (χ0) is 21.7. The SMILES string of the molecule is CCc1ccccc1NC(=O)c1ccc(OC)c(S(=O)(=O)N[C@@H]2CCCC[C@H]2C)c1. The molecule has 0 saturated heterocycles. The number of rotatable bonds is 7. The van der Waals surface area contributed by atoms with Crippen LogP contribution in [0.3, 0.4) is 0 Å². The number of carbonyl (C=O) groups excluding carboxylic acids is 1. The Hall–Kier alpha value is -2.38. The average Bonchev–Trinajstić information content (AvgIpc) is 2.75. The summed E-state index contributed by atoms with van der Waals surface area (Å²) < 4.78 is 34.4. The van der Waals surface area contributed by atoms with Gasteiger partial charge in [-0.3, -0.25) is 4.79 Å². The van der Waals surface area contributed by atoms with Gasteiger partial charge in [-0.25, -0.2) is 13.1 Å². The average molecular weight is 431 g/mol. The van der Waals surface area contributed by atoms with E-state index in [-0.39, 0.29) is 34.1 Å². The van der Waals surface area contributed by atoms with Crippen molar-refractivity contribution in [1.82, 2.24) is 4.72 Å². The zero-order valence-electron chi connectivity index (χ0n) is 17.8. The van der Waals surface area contributed by atoms with E-state index in [2.05, 4.69) is 17.0 Å². The molecule has 0 spiro atoms. The summed E-state index contributed by atoms with van der Waals surface area (Å²) in [4.78, 5) is 12.8. The fourth-order valence-corrected chi connectivity index (χ4v) is 5.50. The van der Waals surface area contributed by atoms with E-state index in [1.54, 1.807) is 6.07 Å². The Bertz CT molecular complexity index is 1000. The maximum atomic E-state index is 13.1. The minimum absolute atomic E-state index is 0.0146. The van der Waals surface area contributed by atoms with E-state index in [1.165, 1.54) is 19.2 Å². The van der Waals surface area contributed by atoms with Crippen LogP contribution in [-0.4, -0.2) is 27.5 Å². The molecule has 2 atom stereocenters. The number of nitrogens with one attached hydrogen (secondary N) is 2. The van der Waals surface area contributed by atoms with Gasteiger partial charge in [-0.15, -0.1) is 0 Å². The highest BCUT2D eigenvalue weighted by atomic mass is 32.2. The van der Waals surface area contributed by atoms with Crippen molar-refractivity contribution in [3.8, 4) is 5.75 Å². The third kappa shape index (κ3) is 5.02. The molecule has 0 aromatic heterocycles. The fourth-order valence-electron chi connectivity index (χ4n) is 3.93. The van der Waals surface area contributed by atoms with Gasteiger partial charge in [0.25, 0.3) is 5.91 Å². The minimum atomic E-state index is -3.83. The Labute approximate surface area is 179 Å². The molecule has 0 unspecified atom stereocenters. The number of para-hydroxylation sites is 1. The monoisotopic (exact) mass is 430 g/mol. The van der Waals surface area contributed by atoms with Gasteiger partial charge < -0.3 is 10.1 Å². The quantitative estimate of drug-likeness (QED) is 0.683. The molecule has 30 heavy (non-hydrogen) atoms. The van der Waals surface area contributed by atoms with Crippen LogP contribution >= 0.6 is 0 Å². The molecule has 1 saturated carbocycles. The van der Waals surface area contributed by atoms with Gasteiger partial charge in [-0.05, 0) is 55.0 Å². The summed E-state index contributed by atoms with van der Waals surface area (Å²) in [6, 6.07) is 11.9. The lowest BCUT2D eigenvalue weighted by Gasteiger charge is -2.29. The Morgan fingerprint density at radius 1 is 1.13 bits per heavy atom. The van der Waals surface area contributed by atoms with Crippen molar-refractivity contribution in [2.75, 3.05) is 12.4 Å². The normalized spacial score (nSPS) is 19.3. The van der Waals surface area contributed by atoms with Gasteiger partial charge in [0, 0.05) is 17.3 Å². The molecule has 2 aromatic carbocycles. The van der Waals surface area contributed by atoms with Crippen LogP contribution in [-0.2, 0) is 16.4 Å². The Kier molecular flexibility index (Phi) is 7.15. The first-order valence-electron chi connectivity index (χ1n) is 10.4. The summed E-state index contributed by atoms with van der Waals surface area (Å²) in [6.45, 7) is 4.08. The van der Waals surface area contributed by atoms with Gasteiger partial charge in [0.05, 0.1) is 7.11 Å². The first kappa shape index (κ1) is 22.3. The van der Waals surface area contributed by atoms with Crippen LogP contribution < -0.4 is 14.8 Å². The molecule has 1 amide bonds. The summed E-state index contributed by atoms with van der Waals surface area (Å²) in [5.74, 6) is 0.133. The van der Waals surface area contributed by atoms with Gasteiger partial charge in [0.2, 0.25) is 10.0 Å². The van der Waals surface area contributed by atoms with Crippen molar-refractivity contribution in [3.05, 3.63) is 53.6 Å². The molecular formula is C23H30N2O4S. The van der Waals surface area contributed by atoms with Gasteiger partial charge in [-0.1, -0.05) is 44.9 Å². The zero-order valence-corrected chi connectivity index (χ0v) is 18.6. The van der Waals surface area contributed by atoms with E-state index in [1.807, 2.05) is 31.2 Å². The summed E-state index contributed by atoms with van der Waals surface area (Å²) in [7, 11) is -2.41. The predicted octanol–water partition coefficient (Wildman–Crippen LogP) is 4.37. The summed E-state index contributed by atoms with van der Waals surface area (Å²) in [6.07, 6.45) is 4.73. The predicted molar refractivity (Wildman–Crippen MR) is 119 cm³/mol. The maximum Gasteiger partial charge on any atom is 0.255 e. The van der Waals surface area contributed by atoms with Crippen LogP contribution in [0.2, 0.25) is 0 Å². The van der Waals surface area contributed by atoms with Crippen LogP contribution in [0, 0.1) is 5.92 Å². The third-order valence-corrected chi connectivity index (χ3v) is 7.29. The molecular weight excluding hydrogens is 400 g/mol. The second kappa shape index (κ2) is 9.62. The number of aryl methyl sites for hydroxylation is 1. The Morgan fingerprint density at radius 3 is 2.57 bits per heavy atom. The molecule has 1 aliphatic carbocycles. The standard InChI is InChI=1S/C23H30N2O4S/c1-4-17-10-6-8-12-20(17)24-23(26)18-13-14-21(29-3)22(15-18)30(27,28)25-19-11-7-5-9-16(19)2/h6,8,10,12-16,19,25H,4-5,7,9,11H2,1-3H3,(H,24,26)/t16-,19-/m1/s1. The summed E-state index contributed by atoms with van der Waals surface area (Å²) in [5, 5.41) is 2.89. The molecule has 6 nitrogen and oxygen atoms in total. The summed E-state index contributed by atoms with van der Waals surface area (Å²) >= 11 is 0. The van der Waals surface area contributed by atoms with Crippen molar-refractivity contribution < 1.29 is 17.9 Å². The Balaban J connectivity index is 1.88. The highest BCUT2D eigenvalue weighted by molar-refractivity contribution is 7.89. The molecule has 2 aromatic rings. The van der Waals surface area contributed by atoms with Crippen molar-refractivity contribution in [3.63, 3.8) is 0 Å². The number of methoxy groups -OCH3 is 1. The number of hydrogen-bond acceptors (Lipinski definition) is 4. The van der Waals surface area contributed by atoms with Crippen molar-refractivity contribution in [2.45, 2.75) is 56.9 Å². The largest absolute Gasteiger partial charge is 0.495 e. The molecule has 0 bridgehead atoms. The lowest BCUT2D eigenvalue weighted by Crippen LogP contribution is -2.41. The van der Waals surface area contributed by atoms with Crippen molar-refractivity contribution >= 4 is 21.6 Å². The van der Waals surface area contributed by atoms with Crippen LogP contribution in [0.5, 0.6) is 5.75 Å². The van der Waals surface area contributed by atoms with E-state index >= 15 is 0 Å². The second-order valence-corrected chi connectivity index (χ2v) is 9.50. The van der Waals surface area contributed by atoms with E-state index in [4.69, 9.17) is 4.74 Å². The van der Waals surface area contributed by atoms with E-state index < -0.39 is 10.0 Å². The number of carbonyl (C=O) groups is 1. The van der Waals surface area contributed by atoms with Crippen LogP contribution in [0.25, 0.3) is 0 Å². The first-order chi connectivity index (χ1) is 14.4. The molecule has 0 radical (unpaired) electrons. The molecule has 7 heteroatoms. The van der Waals surface area contributed by atoms with Crippen LogP contribution in [0.4, 0.5) is 5.69 Å². The molecule has 0 heterocycles. The molecule has 1 aliphatic rings. The van der Waals surface area contributed by atoms with Crippen LogP contribution in [0.1, 0.15) is 55.5 Å². The number of ether oxygens (including phenoxy) is 1. The topological polar surface area (TPSA) is 84.5 Å². The molecule has 3 rings (SSSR count). The van der Waals surface area contributed by atoms with E-state index in [0.717, 1.165) is 43.4 Å². The van der Waals surface area contributed by atoms with Gasteiger partial charge in [0.15, 0.2) is 0 Å². The van der Waals surface area contributed by atoms with Crippen LogP contribution in [0.15, 0.2) is 47.4 Å². The van der Waals surface area contributed by atoms with E-state index in [9.17, 15) is 13.2 Å². The molecule has 1 fully saturated rings. The smallest absolute Gasteiger partial charge is 0.255 e. The number of hydrogen-bond donors (Lipinski definition) is 2. The minimum Gasteiger partial charge on any atom is -0.495 e. The lowest BCUT2D eigenvalue weighted by atomic mass is 9.87. The van der Waals surface area contributed by atoms with E-state index in [0.29, 0.717) is 0 Å².